The van der Waals surface area contributed by atoms with Crippen molar-refractivity contribution in [3.05, 3.63) is 63.6 Å². The van der Waals surface area contributed by atoms with Crippen molar-refractivity contribution in [2.75, 3.05) is 19.7 Å². The summed E-state index contributed by atoms with van der Waals surface area (Å²) in [6.45, 7) is 7.76. The third-order valence-corrected chi connectivity index (χ3v) is 6.15. The standard InChI is InChI=1S/C24H27BrN2O4/c1-24(2,3)31-23(29)27-12-17(21(13-27)15-4-7-18(25)8-5-15)14-30-19-9-6-16-11-26-22(28)20(16)10-19/h4-10,17,21H,11-14H2,1-3H3,(H,26,28). The largest absolute Gasteiger partial charge is 0.493 e. The first-order valence-corrected chi connectivity index (χ1v) is 11.3. The molecule has 0 saturated carbocycles. The maximum Gasteiger partial charge on any atom is 0.410 e. The summed E-state index contributed by atoms with van der Waals surface area (Å²) in [6.07, 6.45) is -0.300. The van der Waals surface area contributed by atoms with Gasteiger partial charge in [0, 0.05) is 41.5 Å². The fourth-order valence-electron chi connectivity index (χ4n) is 4.09. The van der Waals surface area contributed by atoms with E-state index in [4.69, 9.17) is 9.47 Å². The number of fused-ring (bicyclic) bond motifs is 1. The highest BCUT2D eigenvalue weighted by Gasteiger charge is 2.38. The SMILES string of the molecule is CC(C)(C)OC(=O)N1CC(COc2ccc3c(c2)C(=O)NC3)C(c2ccc(Br)cc2)C1. The number of halogens is 1. The quantitative estimate of drug-likeness (QED) is 0.678. The van der Waals surface area contributed by atoms with Gasteiger partial charge in [0.15, 0.2) is 0 Å². The Kier molecular flexibility index (Phi) is 5.97. The van der Waals surface area contributed by atoms with Gasteiger partial charge in [-0.3, -0.25) is 4.79 Å². The lowest BCUT2D eigenvalue weighted by Gasteiger charge is -2.24. The molecule has 2 aromatic rings. The van der Waals surface area contributed by atoms with Crippen LogP contribution in [0.5, 0.6) is 5.75 Å². The highest BCUT2D eigenvalue weighted by atomic mass is 79.9. The second-order valence-electron chi connectivity index (χ2n) is 9.12. The Balaban J connectivity index is 1.50. The first-order chi connectivity index (χ1) is 14.7. The molecule has 4 rings (SSSR count). The summed E-state index contributed by atoms with van der Waals surface area (Å²) in [4.78, 5) is 26.4. The number of carbonyl (C=O) groups is 2. The molecule has 2 amide bonds. The second kappa shape index (κ2) is 8.54. The Bertz CT molecular complexity index is 984. The summed E-state index contributed by atoms with van der Waals surface area (Å²) in [5.41, 5.74) is 2.28. The normalized spacial score (nSPS) is 20.4. The molecular weight excluding hydrogens is 460 g/mol. The van der Waals surface area contributed by atoms with E-state index in [0.717, 1.165) is 15.6 Å². The maximum absolute atomic E-state index is 12.7. The third-order valence-electron chi connectivity index (χ3n) is 5.62. The average Bonchev–Trinajstić information content (AvgIpc) is 3.30. The van der Waals surface area contributed by atoms with Crippen LogP contribution in [0.25, 0.3) is 0 Å². The van der Waals surface area contributed by atoms with Gasteiger partial charge in [-0.1, -0.05) is 34.1 Å². The van der Waals surface area contributed by atoms with Crippen molar-refractivity contribution >= 4 is 27.9 Å². The molecule has 2 aromatic carbocycles. The van der Waals surface area contributed by atoms with Gasteiger partial charge >= 0.3 is 6.09 Å². The smallest absolute Gasteiger partial charge is 0.410 e. The predicted octanol–water partition coefficient (Wildman–Crippen LogP) is 4.72. The molecule has 2 aliphatic rings. The lowest BCUT2D eigenvalue weighted by atomic mass is 9.89. The molecule has 7 heteroatoms. The van der Waals surface area contributed by atoms with Gasteiger partial charge in [-0.05, 0) is 56.2 Å². The van der Waals surface area contributed by atoms with E-state index < -0.39 is 5.60 Å². The van der Waals surface area contributed by atoms with Crippen molar-refractivity contribution in [3.63, 3.8) is 0 Å². The molecule has 31 heavy (non-hydrogen) atoms. The molecule has 164 valence electrons. The molecule has 0 aromatic heterocycles. The maximum atomic E-state index is 12.7. The summed E-state index contributed by atoms with van der Waals surface area (Å²) >= 11 is 3.49. The number of nitrogens with zero attached hydrogens (tertiary/aromatic N) is 1. The van der Waals surface area contributed by atoms with Crippen LogP contribution in [0.1, 0.15) is 48.2 Å². The van der Waals surface area contributed by atoms with E-state index in [1.54, 1.807) is 11.0 Å². The molecule has 2 unspecified atom stereocenters. The third kappa shape index (κ3) is 5.03. The minimum absolute atomic E-state index is 0.0647. The van der Waals surface area contributed by atoms with Crippen LogP contribution in [0.3, 0.4) is 0 Å². The van der Waals surface area contributed by atoms with Gasteiger partial charge in [0.25, 0.3) is 5.91 Å². The number of hydrogen-bond acceptors (Lipinski definition) is 4. The molecule has 1 saturated heterocycles. The van der Waals surface area contributed by atoms with Gasteiger partial charge in [0.1, 0.15) is 11.4 Å². The van der Waals surface area contributed by atoms with Crippen molar-refractivity contribution in [2.24, 2.45) is 5.92 Å². The van der Waals surface area contributed by atoms with Crippen LogP contribution < -0.4 is 10.1 Å². The molecule has 0 bridgehead atoms. The Morgan fingerprint density at radius 3 is 2.61 bits per heavy atom. The van der Waals surface area contributed by atoms with Crippen molar-refractivity contribution in [1.82, 2.24) is 10.2 Å². The van der Waals surface area contributed by atoms with Gasteiger partial charge < -0.3 is 19.7 Å². The van der Waals surface area contributed by atoms with E-state index in [-0.39, 0.29) is 23.8 Å². The van der Waals surface area contributed by atoms with E-state index in [9.17, 15) is 9.59 Å². The summed E-state index contributed by atoms with van der Waals surface area (Å²) < 4.78 is 12.7. The van der Waals surface area contributed by atoms with E-state index in [2.05, 4.69) is 33.4 Å². The zero-order valence-corrected chi connectivity index (χ0v) is 19.6. The zero-order chi connectivity index (χ0) is 22.2. The summed E-state index contributed by atoms with van der Waals surface area (Å²) in [5.74, 6) is 0.848. The molecule has 0 aliphatic carbocycles. The number of hydrogen-bond donors (Lipinski definition) is 1. The van der Waals surface area contributed by atoms with E-state index in [1.165, 1.54) is 0 Å². The van der Waals surface area contributed by atoms with Crippen LogP contribution in [-0.4, -0.2) is 42.2 Å². The predicted molar refractivity (Wildman–Crippen MR) is 121 cm³/mol. The van der Waals surface area contributed by atoms with Gasteiger partial charge in [-0.25, -0.2) is 4.79 Å². The number of rotatable bonds is 4. The average molecular weight is 487 g/mol. The Morgan fingerprint density at radius 2 is 1.90 bits per heavy atom. The molecular formula is C24H27BrN2O4. The monoisotopic (exact) mass is 486 g/mol. The fourth-order valence-corrected chi connectivity index (χ4v) is 4.35. The molecule has 0 radical (unpaired) electrons. The summed E-state index contributed by atoms with van der Waals surface area (Å²) in [6, 6.07) is 13.8. The molecule has 1 N–H and O–H groups in total. The second-order valence-corrected chi connectivity index (χ2v) is 10.0. The van der Waals surface area contributed by atoms with Crippen LogP contribution >= 0.6 is 15.9 Å². The van der Waals surface area contributed by atoms with Crippen molar-refractivity contribution in [1.29, 1.82) is 0 Å². The van der Waals surface area contributed by atoms with Crippen molar-refractivity contribution in [3.8, 4) is 5.75 Å². The van der Waals surface area contributed by atoms with Gasteiger partial charge in [-0.2, -0.15) is 0 Å². The number of amides is 2. The Labute approximate surface area is 191 Å². The minimum Gasteiger partial charge on any atom is -0.493 e. The van der Waals surface area contributed by atoms with Crippen LogP contribution in [0, 0.1) is 5.92 Å². The van der Waals surface area contributed by atoms with Crippen LogP contribution in [0.15, 0.2) is 46.9 Å². The van der Waals surface area contributed by atoms with Gasteiger partial charge in [0.05, 0.1) is 6.61 Å². The van der Waals surface area contributed by atoms with Gasteiger partial charge in [0.2, 0.25) is 0 Å². The molecule has 2 atom stereocenters. The van der Waals surface area contributed by atoms with Crippen LogP contribution in [0.2, 0.25) is 0 Å². The summed E-state index contributed by atoms with van der Waals surface area (Å²) in [7, 11) is 0. The number of carbonyl (C=O) groups excluding carboxylic acids is 2. The van der Waals surface area contributed by atoms with Gasteiger partial charge in [-0.15, -0.1) is 0 Å². The fraction of sp³-hybridized carbons (Fsp3) is 0.417. The Morgan fingerprint density at radius 1 is 1.16 bits per heavy atom. The molecule has 6 nitrogen and oxygen atoms in total. The van der Waals surface area contributed by atoms with E-state index in [1.807, 2.05) is 45.0 Å². The molecule has 2 aliphatic heterocycles. The number of ether oxygens (including phenoxy) is 2. The minimum atomic E-state index is -0.538. The number of nitrogens with one attached hydrogen (secondary N) is 1. The first-order valence-electron chi connectivity index (χ1n) is 10.5. The topological polar surface area (TPSA) is 67.9 Å². The van der Waals surface area contributed by atoms with E-state index in [0.29, 0.717) is 37.6 Å². The zero-order valence-electron chi connectivity index (χ0n) is 18.0. The lowest BCUT2D eigenvalue weighted by Crippen LogP contribution is -2.35. The van der Waals surface area contributed by atoms with Crippen LogP contribution in [-0.2, 0) is 11.3 Å². The number of benzene rings is 2. The Hall–Kier alpha value is -2.54. The molecule has 1 fully saturated rings. The molecule has 2 heterocycles. The van der Waals surface area contributed by atoms with Crippen molar-refractivity contribution in [2.45, 2.75) is 38.8 Å². The highest BCUT2D eigenvalue weighted by Crippen LogP contribution is 2.35. The van der Waals surface area contributed by atoms with Crippen LogP contribution in [0.4, 0.5) is 4.79 Å². The molecule has 0 spiro atoms. The van der Waals surface area contributed by atoms with E-state index >= 15 is 0 Å². The summed E-state index contributed by atoms with van der Waals surface area (Å²) in [5, 5.41) is 2.82. The highest BCUT2D eigenvalue weighted by molar-refractivity contribution is 9.10. The van der Waals surface area contributed by atoms with Crippen molar-refractivity contribution < 1.29 is 19.1 Å². The number of likely N-dealkylation sites (tertiary alicyclic amines) is 1. The first kappa shape index (κ1) is 21.7. The lowest BCUT2D eigenvalue weighted by molar-refractivity contribution is 0.0283.